The van der Waals surface area contributed by atoms with Crippen LogP contribution in [0.5, 0.6) is 17.2 Å². The van der Waals surface area contributed by atoms with Gasteiger partial charge >= 0.3 is 0 Å². The Balaban J connectivity index is 2.16. The van der Waals surface area contributed by atoms with Crippen LogP contribution in [0.15, 0.2) is 42.5 Å². The van der Waals surface area contributed by atoms with E-state index >= 15 is 0 Å². The molecule has 0 atom stereocenters. The van der Waals surface area contributed by atoms with Crippen molar-refractivity contribution in [1.29, 1.82) is 0 Å². The van der Waals surface area contributed by atoms with Crippen LogP contribution in [0.4, 0.5) is 0 Å². The zero-order chi connectivity index (χ0) is 17.7. The maximum Gasteiger partial charge on any atom is 0.196 e. The van der Waals surface area contributed by atoms with Gasteiger partial charge in [0.15, 0.2) is 5.78 Å². The molecule has 0 heterocycles. The summed E-state index contributed by atoms with van der Waals surface area (Å²) in [7, 11) is 0. The lowest BCUT2D eigenvalue weighted by atomic mass is 10.0. The lowest BCUT2D eigenvalue weighted by Crippen LogP contribution is -2.22. The summed E-state index contributed by atoms with van der Waals surface area (Å²) < 4.78 is 11.2. The van der Waals surface area contributed by atoms with Crippen molar-refractivity contribution in [3.8, 4) is 17.2 Å². The third-order valence-electron chi connectivity index (χ3n) is 3.23. The van der Waals surface area contributed by atoms with Gasteiger partial charge in [0, 0.05) is 11.6 Å². The second-order valence-corrected chi connectivity index (χ2v) is 6.60. The Bertz CT molecular complexity index is 697. The van der Waals surface area contributed by atoms with Gasteiger partial charge in [-0.2, -0.15) is 0 Å². The molecule has 0 aromatic heterocycles. The highest BCUT2D eigenvalue weighted by atomic mass is 16.5. The van der Waals surface area contributed by atoms with Gasteiger partial charge in [-0.3, -0.25) is 4.79 Å². The molecule has 24 heavy (non-hydrogen) atoms. The summed E-state index contributed by atoms with van der Waals surface area (Å²) >= 11 is 0. The molecule has 0 amide bonds. The molecule has 0 aliphatic heterocycles. The van der Waals surface area contributed by atoms with E-state index in [1.54, 1.807) is 36.4 Å². The number of hydrogen-bond acceptors (Lipinski definition) is 4. The fourth-order valence-corrected chi connectivity index (χ4v) is 2.20. The highest BCUT2D eigenvalue weighted by Gasteiger charge is 2.16. The van der Waals surface area contributed by atoms with E-state index in [9.17, 15) is 9.90 Å². The average molecular weight is 328 g/mol. The van der Waals surface area contributed by atoms with Crippen molar-refractivity contribution in [1.82, 2.24) is 0 Å². The van der Waals surface area contributed by atoms with Gasteiger partial charge in [-0.05, 0) is 63.6 Å². The van der Waals surface area contributed by atoms with Crippen molar-refractivity contribution in [2.24, 2.45) is 0 Å². The first-order chi connectivity index (χ1) is 11.3. The second kappa shape index (κ2) is 7.39. The van der Waals surface area contributed by atoms with Gasteiger partial charge in [0.05, 0.1) is 12.2 Å². The number of rotatable bonds is 6. The van der Waals surface area contributed by atoms with E-state index in [1.165, 1.54) is 6.07 Å². The summed E-state index contributed by atoms with van der Waals surface area (Å²) in [4.78, 5) is 12.5. The van der Waals surface area contributed by atoms with Crippen molar-refractivity contribution >= 4 is 5.78 Å². The van der Waals surface area contributed by atoms with Gasteiger partial charge in [0.2, 0.25) is 0 Å². The maximum atomic E-state index is 12.5. The maximum absolute atomic E-state index is 12.5. The minimum absolute atomic E-state index is 0.0800. The standard InChI is InChI=1S/C20H24O4/c1-5-12-23-16-10-11-17(18(21)13-16)19(22)14-6-8-15(9-7-14)24-20(2,3)4/h6-11,13,21H,5,12H2,1-4H3. The Labute approximate surface area is 143 Å². The van der Waals surface area contributed by atoms with Crippen LogP contribution in [0, 0.1) is 0 Å². The Morgan fingerprint density at radius 2 is 1.67 bits per heavy atom. The van der Waals surface area contributed by atoms with E-state index in [-0.39, 0.29) is 22.7 Å². The highest BCUT2D eigenvalue weighted by Crippen LogP contribution is 2.27. The van der Waals surface area contributed by atoms with Gasteiger partial charge in [0.1, 0.15) is 22.8 Å². The first kappa shape index (κ1) is 17.9. The molecule has 1 N–H and O–H groups in total. The third-order valence-corrected chi connectivity index (χ3v) is 3.23. The highest BCUT2D eigenvalue weighted by molar-refractivity contribution is 6.10. The lowest BCUT2D eigenvalue weighted by molar-refractivity contribution is 0.103. The number of ketones is 1. The van der Waals surface area contributed by atoms with Crippen LogP contribution < -0.4 is 9.47 Å². The minimum Gasteiger partial charge on any atom is -0.507 e. The molecule has 0 saturated carbocycles. The van der Waals surface area contributed by atoms with Gasteiger partial charge in [-0.15, -0.1) is 0 Å². The van der Waals surface area contributed by atoms with E-state index in [0.29, 0.717) is 23.7 Å². The molecule has 2 rings (SSSR count). The molecule has 0 unspecified atom stereocenters. The summed E-state index contributed by atoms with van der Waals surface area (Å²) in [5, 5.41) is 10.1. The first-order valence-corrected chi connectivity index (χ1v) is 8.10. The van der Waals surface area contributed by atoms with Crippen LogP contribution in [0.25, 0.3) is 0 Å². The summed E-state index contributed by atoms with van der Waals surface area (Å²) in [6, 6.07) is 11.7. The molecule has 0 spiro atoms. The molecule has 4 heteroatoms. The number of ether oxygens (including phenoxy) is 2. The number of phenolic OH excluding ortho intramolecular Hbond substituents is 1. The van der Waals surface area contributed by atoms with Crippen LogP contribution in [0.3, 0.4) is 0 Å². The largest absolute Gasteiger partial charge is 0.507 e. The van der Waals surface area contributed by atoms with Crippen molar-refractivity contribution in [2.45, 2.75) is 39.7 Å². The molecule has 0 radical (unpaired) electrons. The SMILES string of the molecule is CCCOc1ccc(C(=O)c2ccc(OC(C)(C)C)cc2)c(O)c1. The van der Waals surface area contributed by atoms with E-state index in [2.05, 4.69) is 0 Å². The number of carbonyl (C=O) groups is 1. The fraction of sp³-hybridized carbons (Fsp3) is 0.350. The summed E-state index contributed by atoms with van der Waals surface area (Å²) in [6.45, 7) is 8.47. The number of phenols is 1. The molecule has 4 nitrogen and oxygen atoms in total. The molecular weight excluding hydrogens is 304 g/mol. The average Bonchev–Trinajstić information content (AvgIpc) is 2.51. The first-order valence-electron chi connectivity index (χ1n) is 8.10. The fourth-order valence-electron chi connectivity index (χ4n) is 2.20. The van der Waals surface area contributed by atoms with Gasteiger partial charge in [0.25, 0.3) is 0 Å². The molecule has 0 aliphatic carbocycles. The van der Waals surface area contributed by atoms with E-state index in [0.717, 1.165) is 6.42 Å². The predicted molar refractivity (Wildman–Crippen MR) is 94.1 cm³/mol. The Hall–Kier alpha value is -2.49. The van der Waals surface area contributed by atoms with Crippen molar-refractivity contribution in [3.05, 3.63) is 53.6 Å². The number of aromatic hydroxyl groups is 1. The van der Waals surface area contributed by atoms with Gasteiger partial charge in [-0.25, -0.2) is 0 Å². The van der Waals surface area contributed by atoms with E-state index < -0.39 is 0 Å². The second-order valence-electron chi connectivity index (χ2n) is 6.60. The zero-order valence-electron chi connectivity index (χ0n) is 14.6. The third kappa shape index (κ3) is 4.75. The molecule has 0 bridgehead atoms. The Morgan fingerprint density at radius 1 is 1.04 bits per heavy atom. The normalized spacial score (nSPS) is 11.2. The van der Waals surface area contributed by atoms with Gasteiger partial charge in [-0.1, -0.05) is 6.92 Å². The van der Waals surface area contributed by atoms with Crippen molar-refractivity contribution in [3.63, 3.8) is 0 Å². The molecule has 2 aromatic carbocycles. The van der Waals surface area contributed by atoms with Crippen LogP contribution in [-0.4, -0.2) is 23.1 Å². The number of hydrogen-bond donors (Lipinski definition) is 1. The number of carbonyl (C=O) groups excluding carboxylic acids is 1. The monoisotopic (exact) mass is 328 g/mol. The topological polar surface area (TPSA) is 55.8 Å². The van der Waals surface area contributed by atoms with Crippen LogP contribution in [0.1, 0.15) is 50.0 Å². The molecule has 128 valence electrons. The van der Waals surface area contributed by atoms with E-state index in [1.807, 2.05) is 27.7 Å². The lowest BCUT2D eigenvalue weighted by Gasteiger charge is -2.21. The molecule has 0 saturated heterocycles. The Kier molecular flexibility index (Phi) is 5.50. The molecule has 0 aliphatic rings. The summed E-state index contributed by atoms with van der Waals surface area (Å²) in [5.74, 6) is 0.937. The van der Waals surface area contributed by atoms with Crippen molar-refractivity contribution < 1.29 is 19.4 Å². The quantitative estimate of drug-likeness (QED) is 0.788. The molecular formula is C20H24O4. The number of benzene rings is 2. The Morgan fingerprint density at radius 3 is 2.21 bits per heavy atom. The summed E-state index contributed by atoms with van der Waals surface area (Å²) in [5.41, 5.74) is 0.454. The van der Waals surface area contributed by atoms with E-state index in [4.69, 9.17) is 9.47 Å². The van der Waals surface area contributed by atoms with Crippen molar-refractivity contribution in [2.75, 3.05) is 6.61 Å². The zero-order valence-corrected chi connectivity index (χ0v) is 14.6. The van der Waals surface area contributed by atoms with Crippen LogP contribution >= 0.6 is 0 Å². The van der Waals surface area contributed by atoms with Crippen LogP contribution in [-0.2, 0) is 0 Å². The van der Waals surface area contributed by atoms with Crippen LogP contribution in [0.2, 0.25) is 0 Å². The smallest absolute Gasteiger partial charge is 0.196 e. The minimum atomic E-state index is -0.294. The molecule has 0 fully saturated rings. The predicted octanol–water partition coefficient (Wildman–Crippen LogP) is 4.59. The molecule has 2 aromatic rings. The van der Waals surface area contributed by atoms with Gasteiger partial charge < -0.3 is 14.6 Å². The summed E-state index contributed by atoms with van der Waals surface area (Å²) in [6.07, 6.45) is 0.879.